The number of nitrogens with one attached hydrogen (secondary N) is 1. The Labute approximate surface area is 97.6 Å². The molecule has 4 heteroatoms. The molecule has 0 saturated heterocycles. The minimum absolute atomic E-state index is 0.0250. The van der Waals surface area contributed by atoms with Gasteiger partial charge < -0.3 is 11.1 Å². The van der Waals surface area contributed by atoms with Gasteiger partial charge in [-0.1, -0.05) is 20.8 Å². The van der Waals surface area contributed by atoms with Gasteiger partial charge in [0.2, 0.25) is 5.91 Å². The summed E-state index contributed by atoms with van der Waals surface area (Å²) in [5, 5.41) is 3.50. The van der Waals surface area contributed by atoms with E-state index in [1.54, 1.807) is 0 Å². The minimum atomic E-state index is -0.0250. The van der Waals surface area contributed by atoms with Crippen molar-refractivity contribution in [3.05, 3.63) is 0 Å². The first-order valence-electron chi connectivity index (χ1n) is 5.52. The van der Waals surface area contributed by atoms with E-state index in [4.69, 9.17) is 5.73 Å². The van der Waals surface area contributed by atoms with E-state index < -0.39 is 0 Å². The van der Waals surface area contributed by atoms with Crippen molar-refractivity contribution in [1.82, 2.24) is 5.32 Å². The number of nitrogens with two attached hydrogens (primary N) is 1. The van der Waals surface area contributed by atoms with Crippen LogP contribution in [0.2, 0.25) is 0 Å². The molecule has 15 heavy (non-hydrogen) atoms. The first kappa shape index (κ1) is 14.8. The topological polar surface area (TPSA) is 55.1 Å². The largest absolute Gasteiger partial charge is 0.356 e. The third-order valence-electron chi connectivity index (χ3n) is 2.55. The van der Waals surface area contributed by atoms with Crippen LogP contribution in [0.3, 0.4) is 0 Å². The Morgan fingerprint density at radius 1 is 1.40 bits per heavy atom. The molecule has 1 amide bonds. The van der Waals surface area contributed by atoms with E-state index in [1.165, 1.54) is 0 Å². The van der Waals surface area contributed by atoms with Crippen LogP contribution in [-0.2, 0) is 4.79 Å². The summed E-state index contributed by atoms with van der Waals surface area (Å²) in [6.07, 6.45) is 3.54. The summed E-state index contributed by atoms with van der Waals surface area (Å²) in [5.41, 5.74) is 5.81. The number of rotatable bonds is 7. The van der Waals surface area contributed by atoms with Crippen LogP contribution in [0.25, 0.3) is 0 Å². The molecule has 0 aromatic carbocycles. The van der Waals surface area contributed by atoms with Crippen LogP contribution in [0.4, 0.5) is 0 Å². The van der Waals surface area contributed by atoms with Crippen LogP contribution in [0.15, 0.2) is 0 Å². The lowest BCUT2D eigenvalue weighted by molar-refractivity contribution is -0.121. The van der Waals surface area contributed by atoms with Gasteiger partial charge in [-0.3, -0.25) is 4.79 Å². The SMILES string of the molecule is CSC(C)CCNC(=O)CC(N)C(C)C. The maximum Gasteiger partial charge on any atom is 0.221 e. The Balaban J connectivity index is 3.58. The third kappa shape index (κ3) is 7.68. The predicted molar refractivity (Wildman–Crippen MR) is 68.0 cm³/mol. The lowest BCUT2D eigenvalue weighted by Gasteiger charge is -2.15. The standard InChI is InChI=1S/C11H24N2OS/c1-8(2)10(12)7-11(14)13-6-5-9(3)15-4/h8-10H,5-7,12H2,1-4H3,(H,13,14). The second-order valence-electron chi connectivity index (χ2n) is 4.30. The van der Waals surface area contributed by atoms with Gasteiger partial charge in [-0.05, 0) is 18.6 Å². The molecule has 0 bridgehead atoms. The lowest BCUT2D eigenvalue weighted by atomic mass is 10.0. The van der Waals surface area contributed by atoms with Crippen molar-refractivity contribution >= 4 is 17.7 Å². The first-order chi connectivity index (χ1) is 6.97. The summed E-state index contributed by atoms with van der Waals surface area (Å²) >= 11 is 1.82. The Morgan fingerprint density at radius 3 is 2.47 bits per heavy atom. The normalized spacial score (nSPS) is 15.1. The zero-order valence-corrected chi connectivity index (χ0v) is 11.1. The maximum absolute atomic E-state index is 11.4. The van der Waals surface area contributed by atoms with E-state index in [0.717, 1.165) is 13.0 Å². The highest BCUT2D eigenvalue weighted by Crippen LogP contribution is 2.08. The van der Waals surface area contributed by atoms with Crippen molar-refractivity contribution in [1.29, 1.82) is 0 Å². The number of carbonyl (C=O) groups is 1. The van der Waals surface area contributed by atoms with Gasteiger partial charge in [0.05, 0.1) is 0 Å². The number of hydrogen-bond acceptors (Lipinski definition) is 3. The van der Waals surface area contributed by atoms with Crippen LogP contribution >= 0.6 is 11.8 Å². The maximum atomic E-state index is 11.4. The van der Waals surface area contributed by atoms with E-state index >= 15 is 0 Å². The molecule has 0 aliphatic carbocycles. The van der Waals surface area contributed by atoms with Gasteiger partial charge in [0.1, 0.15) is 0 Å². The van der Waals surface area contributed by atoms with Gasteiger partial charge in [-0.25, -0.2) is 0 Å². The molecule has 0 heterocycles. The molecule has 0 saturated carbocycles. The van der Waals surface area contributed by atoms with E-state index in [2.05, 4.69) is 18.5 Å². The fourth-order valence-corrected chi connectivity index (χ4v) is 1.41. The fourth-order valence-electron chi connectivity index (χ4n) is 1.05. The lowest BCUT2D eigenvalue weighted by Crippen LogP contribution is -2.35. The summed E-state index contributed by atoms with van der Waals surface area (Å²) in [5.74, 6) is 0.436. The quantitative estimate of drug-likeness (QED) is 0.701. The van der Waals surface area contributed by atoms with Crippen LogP contribution in [0.5, 0.6) is 0 Å². The Bertz CT molecular complexity index is 185. The van der Waals surface area contributed by atoms with Crippen molar-refractivity contribution in [2.45, 2.75) is 44.9 Å². The number of carbonyl (C=O) groups excluding carboxylic acids is 1. The van der Waals surface area contributed by atoms with E-state index in [9.17, 15) is 4.79 Å². The second-order valence-corrected chi connectivity index (χ2v) is 5.57. The van der Waals surface area contributed by atoms with Gasteiger partial charge in [-0.2, -0.15) is 11.8 Å². The van der Waals surface area contributed by atoms with Crippen LogP contribution in [0.1, 0.15) is 33.6 Å². The predicted octanol–water partition coefficient (Wildman–Crippen LogP) is 1.62. The number of hydrogen-bond donors (Lipinski definition) is 2. The molecule has 0 aliphatic rings. The Kier molecular flexibility index (Phi) is 7.88. The molecule has 2 atom stereocenters. The summed E-state index contributed by atoms with van der Waals surface area (Å²) in [6.45, 7) is 6.99. The minimum Gasteiger partial charge on any atom is -0.356 e. The molecule has 90 valence electrons. The average molecular weight is 232 g/mol. The summed E-state index contributed by atoms with van der Waals surface area (Å²) in [6, 6.07) is -0.0250. The monoisotopic (exact) mass is 232 g/mol. The molecule has 0 spiro atoms. The first-order valence-corrected chi connectivity index (χ1v) is 6.81. The molecule has 0 fully saturated rings. The third-order valence-corrected chi connectivity index (χ3v) is 3.59. The van der Waals surface area contributed by atoms with Crippen LogP contribution in [0, 0.1) is 5.92 Å². The zero-order chi connectivity index (χ0) is 11.8. The van der Waals surface area contributed by atoms with Gasteiger partial charge in [0, 0.05) is 24.3 Å². The van der Waals surface area contributed by atoms with Gasteiger partial charge in [-0.15, -0.1) is 0 Å². The molecule has 0 aromatic rings. The van der Waals surface area contributed by atoms with Gasteiger partial charge >= 0.3 is 0 Å². The molecule has 0 rings (SSSR count). The molecule has 3 N–H and O–H groups in total. The zero-order valence-electron chi connectivity index (χ0n) is 10.2. The van der Waals surface area contributed by atoms with Crippen molar-refractivity contribution in [2.75, 3.05) is 12.8 Å². The highest BCUT2D eigenvalue weighted by atomic mass is 32.2. The number of amides is 1. The molecule has 0 aromatic heterocycles. The van der Waals surface area contributed by atoms with E-state index in [1.807, 2.05) is 25.6 Å². The van der Waals surface area contributed by atoms with Crippen molar-refractivity contribution in [2.24, 2.45) is 11.7 Å². The van der Waals surface area contributed by atoms with Crippen molar-refractivity contribution in [3.8, 4) is 0 Å². The molecular weight excluding hydrogens is 208 g/mol. The molecule has 0 aliphatic heterocycles. The van der Waals surface area contributed by atoms with Crippen LogP contribution in [-0.4, -0.2) is 30.0 Å². The molecule has 3 nitrogen and oxygen atoms in total. The van der Waals surface area contributed by atoms with Crippen LogP contribution < -0.4 is 11.1 Å². The molecule has 2 unspecified atom stereocenters. The summed E-state index contributed by atoms with van der Waals surface area (Å²) in [7, 11) is 0. The van der Waals surface area contributed by atoms with Crippen molar-refractivity contribution < 1.29 is 4.79 Å². The van der Waals surface area contributed by atoms with E-state index in [-0.39, 0.29) is 11.9 Å². The smallest absolute Gasteiger partial charge is 0.221 e. The highest BCUT2D eigenvalue weighted by Gasteiger charge is 2.12. The summed E-state index contributed by atoms with van der Waals surface area (Å²) < 4.78 is 0. The second kappa shape index (κ2) is 7.99. The average Bonchev–Trinajstić information content (AvgIpc) is 2.17. The molecular formula is C11H24N2OS. The number of thioether (sulfide) groups is 1. The van der Waals surface area contributed by atoms with Gasteiger partial charge in [0.25, 0.3) is 0 Å². The Hall–Kier alpha value is -0.220. The van der Waals surface area contributed by atoms with Gasteiger partial charge in [0.15, 0.2) is 0 Å². The fraction of sp³-hybridized carbons (Fsp3) is 0.909. The molecule has 0 radical (unpaired) electrons. The van der Waals surface area contributed by atoms with Crippen molar-refractivity contribution in [3.63, 3.8) is 0 Å². The Morgan fingerprint density at radius 2 is 2.00 bits per heavy atom. The summed E-state index contributed by atoms with van der Waals surface area (Å²) in [4.78, 5) is 11.4. The van der Waals surface area contributed by atoms with E-state index in [0.29, 0.717) is 17.6 Å². The highest BCUT2D eigenvalue weighted by molar-refractivity contribution is 7.99.